The number of rotatable bonds is 4. The predicted molar refractivity (Wildman–Crippen MR) is 82.6 cm³/mol. The molecule has 1 aromatic rings. The molecule has 2 aliphatic rings. The maximum absolute atomic E-state index is 3.71. The highest BCUT2D eigenvalue weighted by atomic mass is 79.9. The van der Waals surface area contributed by atoms with Gasteiger partial charge < -0.3 is 5.32 Å². The van der Waals surface area contributed by atoms with E-state index in [1.807, 2.05) is 0 Å². The molecule has 18 heavy (non-hydrogen) atoms. The Labute approximate surface area is 126 Å². The van der Waals surface area contributed by atoms with Crippen LogP contribution in [-0.4, -0.2) is 6.54 Å². The van der Waals surface area contributed by atoms with Crippen molar-refractivity contribution in [2.45, 2.75) is 32.2 Å². The quantitative estimate of drug-likeness (QED) is 0.791. The normalized spacial score (nSPS) is 31.2. The van der Waals surface area contributed by atoms with Gasteiger partial charge in [0.05, 0.1) is 0 Å². The van der Waals surface area contributed by atoms with Gasteiger partial charge in [-0.25, -0.2) is 0 Å². The smallest absolute Gasteiger partial charge is 0.0360 e. The van der Waals surface area contributed by atoms with Crippen LogP contribution in [-0.2, 0) is 0 Å². The molecule has 3 heteroatoms. The third kappa shape index (κ3) is 2.54. The molecule has 0 heterocycles. The molecule has 0 spiro atoms. The summed E-state index contributed by atoms with van der Waals surface area (Å²) in [5.74, 6) is 2.91. The molecule has 2 saturated carbocycles. The molecule has 0 bridgehead atoms. The summed E-state index contributed by atoms with van der Waals surface area (Å²) in [7, 11) is 0. The summed E-state index contributed by atoms with van der Waals surface area (Å²) < 4.78 is 2.41. The average molecular weight is 373 g/mol. The van der Waals surface area contributed by atoms with Crippen LogP contribution in [0.25, 0.3) is 0 Å². The van der Waals surface area contributed by atoms with Gasteiger partial charge in [-0.15, -0.1) is 0 Å². The van der Waals surface area contributed by atoms with Crippen LogP contribution in [0.3, 0.4) is 0 Å². The van der Waals surface area contributed by atoms with Crippen molar-refractivity contribution in [3.8, 4) is 0 Å². The fourth-order valence-electron chi connectivity index (χ4n) is 3.54. The van der Waals surface area contributed by atoms with E-state index in [2.05, 4.69) is 62.3 Å². The summed E-state index contributed by atoms with van der Waals surface area (Å²) in [4.78, 5) is 0. The van der Waals surface area contributed by atoms with Crippen molar-refractivity contribution < 1.29 is 0 Å². The molecule has 0 aliphatic heterocycles. The predicted octanol–water partition coefficient (Wildman–Crippen LogP) is 4.91. The molecule has 3 rings (SSSR count). The number of nitrogens with one attached hydrogen (secondary N) is 1. The molecule has 0 amide bonds. The van der Waals surface area contributed by atoms with Gasteiger partial charge in [0.25, 0.3) is 0 Å². The van der Waals surface area contributed by atoms with E-state index in [4.69, 9.17) is 0 Å². The Morgan fingerprint density at radius 3 is 2.61 bits per heavy atom. The molecule has 0 saturated heterocycles. The lowest BCUT2D eigenvalue weighted by molar-refractivity contribution is 0.345. The van der Waals surface area contributed by atoms with E-state index in [0.29, 0.717) is 6.04 Å². The van der Waals surface area contributed by atoms with Crippen molar-refractivity contribution in [3.05, 3.63) is 32.7 Å². The van der Waals surface area contributed by atoms with Gasteiger partial charge in [0, 0.05) is 15.0 Å². The van der Waals surface area contributed by atoms with Crippen molar-refractivity contribution in [2.75, 3.05) is 6.54 Å². The van der Waals surface area contributed by atoms with Crippen LogP contribution < -0.4 is 5.32 Å². The van der Waals surface area contributed by atoms with E-state index >= 15 is 0 Å². The van der Waals surface area contributed by atoms with Crippen LogP contribution in [0.1, 0.15) is 37.8 Å². The fourth-order valence-corrected chi connectivity index (χ4v) is 4.41. The highest BCUT2D eigenvalue weighted by Crippen LogP contribution is 2.57. The summed E-state index contributed by atoms with van der Waals surface area (Å²) >= 11 is 7.31. The molecule has 1 nitrogen and oxygen atoms in total. The van der Waals surface area contributed by atoms with Gasteiger partial charge in [-0.05, 0) is 67.3 Å². The van der Waals surface area contributed by atoms with E-state index in [-0.39, 0.29) is 0 Å². The summed E-state index contributed by atoms with van der Waals surface area (Å²) in [6.45, 7) is 3.24. The highest BCUT2D eigenvalue weighted by molar-refractivity contribution is 9.11. The van der Waals surface area contributed by atoms with Crippen LogP contribution in [0.4, 0.5) is 0 Å². The molecular formula is C15H19Br2N. The molecule has 1 N–H and O–H groups in total. The highest BCUT2D eigenvalue weighted by Gasteiger charge is 2.48. The average Bonchev–Trinajstić information content (AvgIpc) is 2.97. The standard InChI is InChI=1S/C15H19Br2N/c1-2-18-15(11-6-9-5-10(9)7-11)13-8-12(16)3-4-14(13)17/h3-4,8-11,15,18H,2,5-7H2,1H3. The zero-order valence-corrected chi connectivity index (χ0v) is 13.8. The molecule has 3 atom stereocenters. The van der Waals surface area contributed by atoms with Crippen molar-refractivity contribution in [1.82, 2.24) is 5.32 Å². The topological polar surface area (TPSA) is 12.0 Å². The van der Waals surface area contributed by atoms with Crippen molar-refractivity contribution in [2.24, 2.45) is 17.8 Å². The number of hydrogen-bond acceptors (Lipinski definition) is 1. The summed E-state index contributed by atoms with van der Waals surface area (Å²) in [6.07, 6.45) is 4.33. The minimum atomic E-state index is 0.509. The lowest BCUT2D eigenvalue weighted by Crippen LogP contribution is -2.28. The van der Waals surface area contributed by atoms with E-state index in [1.165, 1.54) is 33.8 Å². The first kappa shape index (κ1) is 13.1. The Hall–Kier alpha value is 0.140. The Morgan fingerprint density at radius 2 is 1.94 bits per heavy atom. The lowest BCUT2D eigenvalue weighted by Gasteiger charge is -2.27. The molecular weight excluding hydrogens is 354 g/mol. The second kappa shape index (κ2) is 5.26. The SMILES string of the molecule is CCNC(c1cc(Br)ccc1Br)C1CC2CC2C1. The lowest BCUT2D eigenvalue weighted by atomic mass is 9.89. The molecule has 0 aromatic heterocycles. The Balaban J connectivity index is 1.85. The zero-order chi connectivity index (χ0) is 12.7. The fraction of sp³-hybridized carbons (Fsp3) is 0.600. The number of benzene rings is 1. The first-order valence-electron chi connectivity index (χ1n) is 6.87. The summed E-state index contributed by atoms with van der Waals surface area (Å²) in [6, 6.07) is 7.03. The first-order valence-corrected chi connectivity index (χ1v) is 8.46. The minimum Gasteiger partial charge on any atom is -0.310 e. The van der Waals surface area contributed by atoms with E-state index < -0.39 is 0 Å². The van der Waals surface area contributed by atoms with Crippen LogP contribution in [0, 0.1) is 17.8 Å². The Kier molecular flexibility index (Phi) is 3.84. The van der Waals surface area contributed by atoms with Crippen LogP contribution in [0.15, 0.2) is 27.1 Å². The molecule has 0 radical (unpaired) electrons. The van der Waals surface area contributed by atoms with Crippen molar-refractivity contribution in [1.29, 1.82) is 0 Å². The zero-order valence-electron chi connectivity index (χ0n) is 10.6. The van der Waals surface area contributed by atoms with Gasteiger partial charge in [0.1, 0.15) is 0 Å². The van der Waals surface area contributed by atoms with Gasteiger partial charge >= 0.3 is 0 Å². The molecule has 2 aliphatic carbocycles. The second-order valence-electron chi connectivity index (χ2n) is 5.69. The minimum absolute atomic E-state index is 0.509. The largest absolute Gasteiger partial charge is 0.310 e. The Bertz CT molecular complexity index is 436. The Morgan fingerprint density at radius 1 is 1.22 bits per heavy atom. The maximum atomic E-state index is 3.71. The third-order valence-corrected chi connectivity index (χ3v) is 5.68. The summed E-state index contributed by atoms with van der Waals surface area (Å²) in [5.41, 5.74) is 1.41. The van der Waals surface area contributed by atoms with Crippen molar-refractivity contribution >= 4 is 31.9 Å². The van der Waals surface area contributed by atoms with Crippen LogP contribution in [0.2, 0.25) is 0 Å². The second-order valence-corrected chi connectivity index (χ2v) is 7.46. The van der Waals surface area contributed by atoms with Gasteiger partial charge in [-0.2, -0.15) is 0 Å². The molecule has 1 aromatic carbocycles. The third-order valence-electron chi connectivity index (χ3n) is 4.47. The number of fused-ring (bicyclic) bond motifs is 1. The molecule has 3 unspecified atom stereocenters. The van der Waals surface area contributed by atoms with E-state index in [1.54, 1.807) is 0 Å². The van der Waals surface area contributed by atoms with E-state index in [9.17, 15) is 0 Å². The van der Waals surface area contributed by atoms with Gasteiger partial charge in [0.15, 0.2) is 0 Å². The maximum Gasteiger partial charge on any atom is 0.0360 e. The van der Waals surface area contributed by atoms with Gasteiger partial charge in [-0.1, -0.05) is 38.8 Å². The molecule has 2 fully saturated rings. The number of hydrogen-bond donors (Lipinski definition) is 1. The van der Waals surface area contributed by atoms with Crippen molar-refractivity contribution in [3.63, 3.8) is 0 Å². The number of halogens is 2. The van der Waals surface area contributed by atoms with Gasteiger partial charge in [-0.3, -0.25) is 0 Å². The van der Waals surface area contributed by atoms with Gasteiger partial charge in [0.2, 0.25) is 0 Å². The molecule has 98 valence electrons. The van der Waals surface area contributed by atoms with E-state index in [0.717, 1.165) is 24.3 Å². The monoisotopic (exact) mass is 371 g/mol. The van der Waals surface area contributed by atoms with Crippen LogP contribution >= 0.6 is 31.9 Å². The summed E-state index contributed by atoms with van der Waals surface area (Å²) in [5, 5.41) is 3.70. The first-order chi connectivity index (χ1) is 8.69. The van der Waals surface area contributed by atoms with Crippen LogP contribution in [0.5, 0.6) is 0 Å².